The number of carbonyl (C=O) groups is 1. The predicted molar refractivity (Wildman–Crippen MR) is 47.9 cm³/mol. The number of hydrogen-bond acceptors (Lipinski definition) is 6. The summed E-state index contributed by atoms with van der Waals surface area (Å²) in [5, 5.41) is 0. The molecule has 0 saturated carbocycles. The van der Waals surface area contributed by atoms with Crippen molar-refractivity contribution in [2.75, 3.05) is 32.2 Å². The minimum absolute atomic E-state index is 0.0406. The normalized spacial score (nSPS) is 19.9. The molecule has 0 amide bonds. The average Bonchev–Trinajstić information content (AvgIpc) is 2.83. The van der Waals surface area contributed by atoms with Gasteiger partial charge < -0.3 is 14.2 Å². The smallest absolute Gasteiger partial charge is 0.323 e. The second kappa shape index (κ2) is 5.40. The summed E-state index contributed by atoms with van der Waals surface area (Å²) in [4.78, 5) is 10.7. The molecule has 0 spiro atoms. The van der Waals surface area contributed by atoms with Crippen LogP contribution in [-0.4, -0.2) is 57.2 Å². The molecule has 1 N–H and O–H groups in total. The highest BCUT2D eigenvalue weighted by Gasteiger charge is 2.22. The first-order valence-corrected chi connectivity index (χ1v) is 5.88. The summed E-state index contributed by atoms with van der Waals surface area (Å²) < 4.78 is 43.1. The second-order valence-corrected chi connectivity index (χ2v) is 4.43. The Labute approximate surface area is 87.1 Å². The van der Waals surface area contributed by atoms with Crippen molar-refractivity contribution in [1.82, 2.24) is 0 Å². The van der Waals surface area contributed by atoms with Gasteiger partial charge in [0.05, 0.1) is 19.8 Å². The average molecular weight is 240 g/mol. The molecular formula is C7H12O7S. The van der Waals surface area contributed by atoms with E-state index >= 15 is 0 Å². The van der Waals surface area contributed by atoms with Gasteiger partial charge in [-0.25, -0.2) is 0 Å². The zero-order valence-corrected chi connectivity index (χ0v) is 8.73. The van der Waals surface area contributed by atoms with E-state index in [2.05, 4.69) is 4.74 Å². The van der Waals surface area contributed by atoms with Crippen LogP contribution in [0.2, 0.25) is 0 Å². The van der Waals surface area contributed by atoms with Gasteiger partial charge >= 0.3 is 5.97 Å². The van der Waals surface area contributed by atoms with E-state index in [1.54, 1.807) is 0 Å². The molecule has 0 bridgehead atoms. The summed E-state index contributed by atoms with van der Waals surface area (Å²) in [6.45, 7) is 1.26. The number of ether oxygens (including phenoxy) is 3. The maximum atomic E-state index is 10.7. The van der Waals surface area contributed by atoms with E-state index in [1.807, 2.05) is 0 Å². The van der Waals surface area contributed by atoms with Crippen LogP contribution in [0.15, 0.2) is 0 Å². The SMILES string of the molecule is O=C(CS(=O)(=O)O)OCCOCC1CO1. The molecule has 88 valence electrons. The lowest BCUT2D eigenvalue weighted by Gasteiger charge is -2.03. The molecule has 7 nitrogen and oxygen atoms in total. The van der Waals surface area contributed by atoms with Gasteiger partial charge in [-0.05, 0) is 0 Å². The van der Waals surface area contributed by atoms with Gasteiger partial charge in [0.15, 0.2) is 5.75 Å². The van der Waals surface area contributed by atoms with Crippen LogP contribution in [-0.2, 0) is 29.1 Å². The van der Waals surface area contributed by atoms with E-state index in [1.165, 1.54) is 0 Å². The maximum Gasteiger partial charge on any atom is 0.323 e. The quantitative estimate of drug-likeness (QED) is 0.259. The van der Waals surface area contributed by atoms with Crippen molar-refractivity contribution in [2.45, 2.75) is 6.10 Å². The first-order valence-electron chi connectivity index (χ1n) is 4.27. The fourth-order valence-electron chi connectivity index (χ4n) is 0.784. The second-order valence-electron chi connectivity index (χ2n) is 2.98. The fraction of sp³-hybridized carbons (Fsp3) is 0.857. The summed E-state index contributed by atoms with van der Waals surface area (Å²) in [5.74, 6) is -2.03. The standard InChI is InChI=1S/C7H12O7S/c8-7(5-15(9,10)11)13-2-1-12-3-6-4-14-6/h6H,1-5H2,(H,9,10,11). The molecule has 1 fully saturated rings. The number of hydrogen-bond donors (Lipinski definition) is 1. The van der Waals surface area contributed by atoms with Crippen molar-refractivity contribution < 1.29 is 32.0 Å². The third kappa shape index (κ3) is 7.25. The molecule has 0 aromatic rings. The van der Waals surface area contributed by atoms with Gasteiger partial charge in [-0.3, -0.25) is 9.35 Å². The maximum absolute atomic E-state index is 10.7. The molecule has 0 radical (unpaired) electrons. The van der Waals surface area contributed by atoms with Gasteiger partial charge in [-0.1, -0.05) is 0 Å². The molecule has 1 atom stereocenters. The lowest BCUT2D eigenvalue weighted by atomic mass is 10.5. The monoisotopic (exact) mass is 240 g/mol. The highest BCUT2D eigenvalue weighted by Crippen LogP contribution is 2.07. The summed E-state index contributed by atoms with van der Waals surface area (Å²) in [5.41, 5.74) is 0. The van der Waals surface area contributed by atoms with Gasteiger partial charge in [0.1, 0.15) is 12.7 Å². The third-order valence-electron chi connectivity index (χ3n) is 1.50. The van der Waals surface area contributed by atoms with Crippen molar-refractivity contribution in [2.24, 2.45) is 0 Å². The Morgan fingerprint density at radius 2 is 2.13 bits per heavy atom. The lowest BCUT2D eigenvalue weighted by molar-refractivity contribution is -0.142. The van der Waals surface area contributed by atoms with Crippen LogP contribution in [0.3, 0.4) is 0 Å². The summed E-state index contributed by atoms with van der Waals surface area (Å²) in [6, 6.07) is 0. The van der Waals surface area contributed by atoms with Crippen molar-refractivity contribution in [3.63, 3.8) is 0 Å². The molecule has 0 aromatic heterocycles. The van der Waals surface area contributed by atoms with Gasteiger partial charge in [-0.2, -0.15) is 8.42 Å². The van der Waals surface area contributed by atoms with Crippen molar-refractivity contribution in [3.05, 3.63) is 0 Å². The molecule has 0 aliphatic carbocycles. The first kappa shape index (κ1) is 12.4. The van der Waals surface area contributed by atoms with Gasteiger partial charge in [0.25, 0.3) is 10.1 Å². The van der Waals surface area contributed by atoms with Crippen LogP contribution in [0, 0.1) is 0 Å². The molecule has 1 rings (SSSR count). The van der Waals surface area contributed by atoms with E-state index in [0.717, 1.165) is 0 Å². The zero-order chi connectivity index (χ0) is 11.3. The zero-order valence-electron chi connectivity index (χ0n) is 7.92. The van der Waals surface area contributed by atoms with Gasteiger partial charge in [0, 0.05) is 0 Å². The van der Waals surface area contributed by atoms with Crippen molar-refractivity contribution in [3.8, 4) is 0 Å². The topological polar surface area (TPSA) is 102 Å². The van der Waals surface area contributed by atoms with Crippen LogP contribution in [0.25, 0.3) is 0 Å². The highest BCUT2D eigenvalue weighted by atomic mass is 32.2. The Hall–Kier alpha value is -0.700. The summed E-state index contributed by atoms with van der Waals surface area (Å²) >= 11 is 0. The molecule has 15 heavy (non-hydrogen) atoms. The number of rotatable bonds is 7. The number of esters is 1. The van der Waals surface area contributed by atoms with E-state index in [0.29, 0.717) is 13.2 Å². The van der Waals surface area contributed by atoms with Gasteiger partial charge in [-0.15, -0.1) is 0 Å². The van der Waals surface area contributed by atoms with Crippen LogP contribution in [0.5, 0.6) is 0 Å². The van der Waals surface area contributed by atoms with E-state index < -0.39 is 21.8 Å². The minimum Gasteiger partial charge on any atom is -0.462 e. The van der Waals surface area contributed by atoms with Crippen molar-refractivity contribution >= 4 is 16.1 Å². The number of epoxide rings is 1. The Kier molecular flexibility index (Phi) is 4.45. The molecular weight excluding hydrogens is 228 g/mol. The van der Waals surface area contributed by atoms with Crippen molar-refractivity contribution in [1.29, 1.82) is 0 Å². The molecule has 1 heterocycles. The van der Waals surface area contributed by atoms with Crippen LogP contribution >= 0.6 is 0 Å². The Bertz CT molecular complexity index is 305. The van der Waals surface area contributed by atoms with Crippen LogP contribution < -0.4 is 0 Å². The Balaban J connectivity index is 1.96. The third-order valence-corrected chi connectivity index (χ3v) is 2.10. The molecule has 1 aliphatic rings. The summed E-state index contributed by atoms with van der Waals surface area (Å²) in [7, 11) is -4.30. The minimum atomic E-state index is -4.30. The molecule has 8 heteroatoms. The van der Waals surface area contributed by atoms with E-state index in [9.17, 15) is 13.2 Å². The first-order chi connectivity index (χ1) is 6.97. The molecule has 1 aliphatic heterocycles. The Morgan fingerprint density at radius 3 is 2.67 bits per heavy atom. The Morgan fingerprint density at radius 1 is 1.47 bits per heavy atom. The van der Waals surface area contributed by atoms with E-state index in [4.69, 9.17) is 14.0 Å². The van der Waals surface area contributed by atoms with E-state index in [-0.39, 0.29) is 19.3 Å². The van der Waals surface area contributed by atoms with Gasteiger partial charge in [0.2, 0.25) is 0 Å². The fourth-order valence-corrected chi connectivity index (χ4v) is 1.17. The highest BCUT2D eigenvalue weighted by molar-refractivity contribution is 7.86. The van der Waals surface area contributed by atoms with Crippen LogP contribution in [0.1, 0.15) is 0 Å². The molecule has 1 saturated heterocycles. The largest absolute Gasteiger partial charge is 0.462 e. The molecule has 1 unspecified atom stereocenters. The van der Waals surface area contributed by atoms with Crippen LogP contribution in [0.4, 0.5) is 0 Å². The molecule has 0 aromatic carbocycles. The lowest BCUT2D eigenvalue weighted by Crippen LogP contribution is -2.20. The number of carbonyl (C=O) groups excluding carboxylic acids is 1. The predicted octanol–water partition coefficient (Wildman–Crippen LogP) is -1.17. The summed E-state index contributed by atoms with van der Waals surface area (Å²) in [6.07, 6.45) is 0.138.